The van der Waals surface area contributed by atoms with Crippen LogP contribution in [0.2, 0.25) is 10.0 Å². The fraction of sp³-hybridized carbons (Fsp3) is 0.588. The summed E-state index contributed by atoms with van der Waals surface area (Å²) >= 11 is 11.8. The first-order valence-electron chi connectivity index (χ1n) is 8.53. The van der Waals surface area contributed by atoms with Crippen molar-refractivity contribution in [2.24, 2.45) is 0 Å². The maximum absolute atomic E-state index is 12.7. The van der Waals surface area contributed by atoms with Crippen molar-refractivity contribution in [2.75, 3.05) is 31.3 Å². The van der Waals surface area contributed by atoms with Gasteiger partial charge in [0.05, 0.1) is 27.7 Å². The first-order valence-corrected chi connectivity index (χ1v) is 11.1. The number of sulfone groups is 1. The van der Waals surface area contributed by atoms with Crippen molar-refractivity contribution in [3.8, 4) is 5.75 Å². The second-order valence-corrected chi connectivity index (χ2v) is 9.65. The van der Waals surface area contributed by atoms with E-state index < -0.39 is 9.84 Å². The molecule has 2 saturated heterocycles. The minimum Gasteiger partial charge on any atom is -0.484 e. The van der Waals surface area contributed by atoms with E-state index in [1.165, 1.54) is 0 Å². The van der Waals surface area contributed by atoms with Gasteiger partial charge < -0.3 is 14.4 Å². The van der Waals surface area contributed by atoms with Crippen LogP contribution in [-0.2, 0) is 19.4 Å². The van der Waals surface area contributed by atoms with Crippen molar-refractivity contribution in [2.45, 2.75) is 31.4 Å². The van der Waals surface area contributed by atoms with Gasteiger partial charge in [-0.25, -0.2) is 8.42 Å². The summed E-state index contributed by atoms with van der Waals surface area (Å²) < 4.78 is 34.8. The zero-order valence-corrected chi connectivity index (χ0v) is 16.5. The lowest BCUT2D eigenvalue weighted by atomic mass is 10.1. The van der Waals surface area contributed by atoms with Gasteiger partial charge in [0.1, 0.15) is 5.75 Å². The third-order valence-corrected chi connectivity index (χ3v) is 7.14. The highest BCUT2D eigenvalue weighted by atomic mass is 35.5. The van der Waals surface area contributed by atoms with Gasteiger partial charge in [-0.3, -0.25) is 4.79 Å². The van der Waals surface area contributed by atoms with Crippen molar-refractivity contribution >= 4 is 38.9 Å². The molecule has 2 aliphatic rings. The molecule has 0 saturated carbocycles. The quantitative estimate of drug-likeness (QED) is 0.705. The van der Waals surface area contributed by atoms with Crippen LogP contribution in [0.3, 0.4) is 0 Å². The van der Waals surface area contributed by atoms with Gasteiger partial charge in [0.2, 0.25) is 0 Å². The van der Waals surface area contributed by atoms with Crippen LogP contribution in [0, 0.1) is 0 Å². The van der Waals surface area contributed by atoms with Crippen molar-refractivity contribution in [1.82, 2.24) is 4.90 Å². The van der Waals surface area contributed by atoms with Crippen LogP contribution in [0.15, 0.2) is 18.2 Å². The second-order valence-electron chi connectivity index (χ2n) is 6.60. The summed E-state index contributed by atoms with van der Waals surface area (Å²) in [6.45, 7) is 0.875. The number of amides is 1. The van der Waals surface area contributed by atoms with Gasteiger partial charge in [0.25, 0.3) is 5.91 Å². The van der Waals surface area contributed by atoms with E-state index in [-0.39, 0.29) is 36.2 Å². The molecule has 0 aromatic heterocycles. The Bertz CT molecular complexity index is 764. The lowest BCUT2D eigenvalue weighted by Gasteiger charge is -2.30. The van der Waals surface area contributed by atoms with Gasteiger partial charge in [-0.1, -0.05) is 23.2 Å². The highest BCUT2D eigenvalue weighted by Gasteiger charge is 2.36. The molecule has 3 rings (SSSR count). The fourth-order valence-corrected chi connectivity index (χ4v) is 5.30. The topological polar surface area (TPSA) is 72.9 Å². The number of benzene rings is 1. The molecule has 2 fully saturated rings. The lowest BCUT2D eigenvalue weighted by Crippen LogP contribution is -2.47. The van der Waals surface area contributed by atoms with Crippen LogP contribution in [0.4, 0.5) is 0 Å². The third-order valence-electron chi connectivity index (χ3n) is 4.65. The highest BCUT2D eigenvalue weighted by molar-refractivity contribution is 7.91. The van der Waals surface area contributed by atoms with E-state index in [0.717, 1.165) is 12.8 Å². The number of nitrogens with zero attached hydrogens (tertiary/aromatic N) is 1. The Kier molecular flexibility index (Phi) is 6.33. The maximum atomic E-state index is 12.7. The summed E-state index contributed by atoms with van der Waals surface area (Å²) in [6, 6.07) is 4.44. The monoisotopic (exact) mass is 421 g/mol. The summed E-state index contributed by atoms with van der Waals surface area (Å²) in [5, 5.41) is 0.747. The molecule has 0 bridgehead atoms. The van der Waals surface area contributed by atoms with E-state index in [1.807, 2.05) is 0 Å². The predicted molar refractivity (Wildman–Crippen MR) is 99.7 cm³/mol. The van der Waals surface area contributed by atoms with Crippen molar-refractivity contribution < 1.29 is 22.7 Å². The molecule has 2 heterocycles. The smallest absolute Gasteiger partial charge is 0.260 e. The van der Waals surface area contributed by atoms with E-state index in [2.05, 4.69) is 0 Å². The number of ether oxygens (including phenoxy) is 2. The van der Waals surface area contributed by atoms with E-state index in [4.69, 9.17) is 32.7 Å². The molecule has 0 N–H and O–H groups in total. The molecule has 2 aliphatic heterocycles. The van der Waals surface area contributed by atoms with Crippen molar-refractivity contribution in [1.29, 1.82) is 0 Å². The molecule has 0 unspecified atom stereocenters. The van der Waals surface area contributed by atoms with Crippen LogP contribution in [0.5, 0.6) is 5.75 Å². The Hall–Kier alpha value is -1.02. The van der Waals surface area contributed by atoms with Crippen molar-refractivity contribution in [3.05, 3.63) is 28.2 Å². The second kappa shape index (κ2) is 8.33. The molecule has 0 spiro atoms. The summed E-state index contributed by atoms with van der Waals surface area (Å²) in [5.41, 5.74) is 0. The lowest BCUT2D eigenvalue weighted by molar-refractivity contribution is -0.137. The molecule has 0 radical (unpaired) electrons. The van der Waals surface area contributed by atoms with Crippen molar-refractivity contribution in [3.63, 3.8) is 0 Å². The standard InChI is InChI=1S/C17H21Cl2NO5S/c18-15-4-3-13(8-16(15)19)25-10-17(21)20(9-14-2-1-6-24-14)12-5-7-26(22,23)11-12/h3-4,8,12,14H,1-2,5-7,9-11H2/t12-,14-/m1/s1. The molecule has 144 valence electrons. The number of rotatable bonds is 6. The van der Waals surface area contributed by atoms with Gasteiger partial charge in [0, 0.05) is 25.3 Å². The van der Waals surface area contributed by atoms with E-state index in [1.54, 1.807) is 23.1 Å². The fourth-order valence-electron chi connectivity index (χ4n) is 3.28. The number of halogens is 2. The summed E-state index contributed by atoms with van der Waals surface area (Å²) in [6.07, 6.45) is 2.23. The van der Waals surface area contributed by atoms with Gasteiger partial charge in [-0.05, 0) is 31.4 Å². The van der Waals surface area contributed by atoms with E-state index >= 15 is 0 Å². The SMILES string of the molecule is O=C(COc1ccc(Cl)c(Cl)c1)N(C[C@H]1CCCO1)[C@@H]1CCS(=O)(=O)C1. The summed E-state index contributed by atoms with van der Waals surface area (Å²) in [4.78, 5) is 14.4. The summed E-state index contributed by atoms with van der Waals surface area (Å²) in [5.74, 6) is 0.288. The van der Waals surface area contributed by atoms with Crippen LogP contribution in [-0.4, -0.2) is 62.6 Å². The van der Waals surface area contributed by atoms with Gasteiger partial charge >= 0.3 is 0 Å². The van der Waals surface area contributed by atoms with Crippen LogP contribution in [0.25, 0.3) is 0 Å². The normalized spacial score (nSPS) is 24.5. The molecule has 1 aromatic carbocycles. The average molecular weight is 422 g/mol. The Balaban J connectivity index is 1.66. The first-order chi connectivity index (χ1) is 12.3. The van der Waals surface area contributed by atoms with E-state index in [9.17, 15) is 13.2 Å². The molecular formula is C17H21Cl2NO5S. The van der Waals surface area contributed by atoms with Crippen LogP contribution >= 0.6 is 23.2 Å². The molecule has 9 heteroatoms. The maximum Gasteiger partial charge on any atom is 0.260 e. The number of hydrogen-bond acceptors (Lipinski definition) is 5. The number of carbonyl (C=O) groups is 1. The molecule has 2 atom stereocenters. The minimum absolute atomic E-state index is 0.00175. The third kappa shape index (κ3) is 5.03. The molecule has 0 aliphatic carbocycles. The molecule has 1 aromatic rings. The van der Waals surface area contributed by atoms with Crippen LogP contribution < -0.4 is 4.74 Å². The Morgan fingerprint density at radius 3 is 2.69 bits per heavy atom. The predicted octanol–water partition coefficient (Wildman–Crippen LogP) is 2.57. The Morgan fingerprint density at radius 2 is 2.08 bits per heavy atom. The van der Waals surface area contributed by atoms with Gasteiger partial charge in [0.15, 0.2) is 16.4 Å². The molecule has 1 amide bonds. The van der Waals surface area contributed by atoms with Gasteiger partial charge in [-0.15, -0.1) is 0 Å². The van der Waals surface area contributed by atoms with E-state index in [0.29, 0.717) is 35.4 Å². The first kappa shape index (κ1) is 19.7. The molecule has 6 nitrogen and oxygen atoms in total. The minimum atomic E-state index is -3.09. The summed E-state index contributed by atoms with van der Waals surface area (Å²) in [7, 11) is -3.09. The highest BCUT2D eigenvalue weighted by Crippen LogP contribution is 2.27. The van der Waals surface area contributed by atoms with Crippen LogP contribution in [0.1, 0.15) is 19.3 Å². The average Bonchev–Trinajstić information content (AvgIpc) is 3.22. The van der Waals surface area contributed by atoms with Gasteiger partial charge in [-0.2, -0.15) is 0 Å². The number of carbonyl (C=O) groups excluding carboxylic acids is 1. The zero-order chi connectivity index (χ0) is 18.7. The number of hydrogen-bond donors (Lipinski definition) is 0. The Labute approximate surface area is 163 Å². The molecule has 26 heavy (non-hydrogen) atoms. The zero-order valence-electron chi connectivity index (χ0n) is 14.2. The Morgan fingerprint density at radius 1 is 1.27 bits per heavy atom. The molecular weight excluding hydrogens is 401 g/mol. The largest absolute Gasteiger partial charge is 0.484 e.